The number of aryl methyl sites for hydroxylation is 2. The van der Waals surface area contributed by atoms with Crippen LogP contribution >= 0.6 is 11.6 Å². The van der Waals surface area contributed by atoms with E-state index >= 15 is 0 Å². The topological polar surface area (TPSA) is 35.0 Å². The molecule has 0 aliphatic heterocycles. The van der Waals surface area contributed by atoms with Crippen LogP contribution < -0.4 is 0 Å². The highest BCUT2D eigenvalue weighted by molar-refractivity contribution is 6.28. The van der Waals surface area contributed by atoms with Gasteiger partial charge in [0.2, 0.25) is 5.28 Å². The Kier molecular flexibility index (Phi) is 3.63. The summed E-state index contributed by atoms with van der Waals surface area (Å²) >= 11 is 5.74. The second kappa shape index (κ2) is 4.53. The normalized spacial score (nSPS) is 10.5. The van der Waals surface area contributed by atoms with Gasteiger partial charge in [-0.15, -0.1) is 0 Å². The fourth-order valence-electron chi connectivity index (χ4n) is 1.24. The Labute approximate surface area is 83.1 Å². The third-order valence-electron chi connectivity index (χ3n) is 1.90. The fourth-order valence-corrected chi connectivity index (χ4v) is 1.47. The first-order valence-corrected chi connectivity index (χ1v) is 4.57. The number of nitrogens with zero attached hydrogens (tertiary/aromatic N) is 2. The molecule has 1 aromatic heterocycles. The Hall–Kier alpha value is -0.670. The van der Waals surface area contributed by atoms with Gasteiger partial charge < -0.3 is 4.74 Å². The van der Waals surface area contributed by atoms with Crippen molar-refractivity contribution in [3.8, 4) is 0 Å². The summed E-state index contributed by atoms with van der Waals surface area (Å²) in [6, 6.07) is 0. The molecule has 0 fully saturated rings. The van der Waals surface area contributed by atoms with Crippen LogP contribution in [0.3, 0.4) is 0 Å². The van der Waals surface area contributed by atoms with Gasteiger partial charge in [0, 0.05) is 18.4 Å². The summed E-state index contributed by atoms with van der Waals surface area (Å²) in [6.07, 6.45) is 0.849. The van der Waals surface area contributed by atoms with Crippen LogP contribution in [0.1, 0.15) is 23.9 Å². The van der Waals surface area contributed by atoms with Crippen LogP contribution in [-0.4, -0.2) is 17.1 Å². The first kappa shape index (κ1) is 10.4. The third kappa shape index (κ3) is 2.39. The molecule has 1 aromatic rings. The van der Waals surface area contributed by atoms with Crippen LogP contribution in [-0.2, 0) is 17.8 Å². The summed E-state index contributed by atoms with van der Waals surface area (Å²) in [5, 5.41) is 0.314. The molecular weight excluding hydrogens is 188 g/mol. The van der Waals surface area contributed by atoms with Gasteiger partial charge >= 0.3 is 0 Å². The van der Waals surface area contributed by atoms with E-state index in [9.17, 15) is 0 Å². The number of rotatable bonds is 3. The van der Waals surface area contributed by atoms with Gasteiger partial charge in [0.25, 0.3) is 0 Å². The van der Waals surface area contributed by atoms with Gasteiger partial charge in [-0.1, -0.05) is 6.92 Å². The SMILES string of the molecule is CCc1nc(Cl)nc(C)c1COC. The molecular formula is C9H13ClN2O. The first-order chi connectivity index (χ1) is 6.19. The minimum absolute atomic E-state index is 0.314. The number of methoxy groups -OCH3 is 1. The van der Waals surface area contributed by atoms with Gasteiger partial charge in [-0.05, 0) is 24.9 Å². The Morgan fingerprint density at radius 2 is 2.08 bits per heavy atom. The van der Waals surface area contributed by atoms with Crippen molar-refractivity contribution in [3.05, 3.63) is 22.2 Å². The zero-order valence-electron chi connectivity index (χ0n) is 8.09. The zero-order valence-corrected chi connectivity index (χ0v) is 8.85. The molecule has 0 atom stereocenters. The lowest BCUT2D eigenvalue weighted by Crippen LogP contribution is -2.04. The van der Waals surface area contributed by atoms with E-state index in [4.69, 9.17) is 16.3 Å². The predicted molar refractivity (Wildman–Crippen MR) is 51.9 cm³/mol. The van der Waals surface area contributed by atoms with Crippen molar-refractivity contribution in [1.29, 1.82) is 0 Å². The minimum Gasteiger partial charge on any atom is -0.380 e. The molecule has 0 bridgehead atoms. The van der Waals surface area contributed by atoms with E-state index < -0.39 is 0 Å². The lowest BCUT2D eigenvalue weighted by Gasteiger charge is -2.08. The van der Waals surface area contributed by atoms with Gasteiger partial charge in [-0.25, -0.2) is 9.97 Å². The Morgan fingerprint density at radius 3 is 2.62 bits per heavy atom. The maximum absolute atomic E-state index is 5.74. The molecule has 0 amide bonds. The largest absolute Gasteiger partial charge is 0.380 e. The molecule has 0 N–H and O–H groups in total. The molecule has 1 rings (SSSR count). The van der Waals surface area contributed by atoms with Gasteiger partial charge in [0.15, 0.2) is 0 Å². The second-order valence-electron chi connectivity index (χ2n) is 2.79. The highest BCUT2D eigenvalue weighted by Gasteiger charge is 2.08. The van der Waals surface area contributed by atoms with Crippen molar-refractivity contribution >= 4 is 11.6 Å². The number of aromatic nitrogens is 2. The molecule has 1 heterocycles. The Bertz CT molecular complexity index is 302. The molecule has 13 heavy (non-hydrogen) atoms. The molecule has 0 spiro atoms. The van der Waals surface area contributed by atoms with Crippen molar-refractivity contribution in [1.82, 2.24) is 9.97 Å². The number of ether oxygens (including phenoxy) is 1. The molecule has 0 saturated carbocycles. The average Bonchev–Trinajstić information content (AvgIpc) is 2.09. The Balaban J connectivity index is 3.13. The smallest absolute Gasteiger partial charge is 0.222 e. The van der Waals surface area contributed by atoms with Crippen LogP contribution in [0, 0.1) is 6.92 Å². The maximum atomic E-state index is 5.74. The summed E-state index contributed by atoms with van der Waals surface area (Å²) in [6.45, 7) is 4.50. The fraction of sp³-hybridized carbons (Fsp3) is 0.556. The van der Waals surface area contributed by atoms with E-state index in [-0.39, 0.29) is 0 Å². The number of halogens is 1. The molecule has 0 aliphatic rings. The second-order valence-corrected chi connectivity index (χ2v) is 3.13. The molecule has 0 saturated heterocycles. The average molecular weight is 201 g/mol. The van der Waals surface area contributed by atoms with Crippen molar-refractivity contribution in [2.45, 2.75) is 26.9 Å². The summed E-state index contributed by atoms with van der Waals surface area (Å²) in [5.41, 5.74) is 2.92. The lowest BCUT2D eigenvalue weighted by molar-refractivity contribution is 0.183. The van der Waals surface area contributed by atoms with Crippen LogP contribution in [0.25, 0.3) is 0 Å². The van der Waals surface area contributed by atoms with Gasteiger partial charge in [0.1, 0.15) is 0 Å². The number of hydrogen-bond donors (Lipinski definition) is 0. The van der Waals surface area contributed by atoms with E-state index in [1.165, 1.54) is 0 Å². The van der Waals surface area contributed by atoms with Gasteiger partial charge in [0.05, 0.1) is 12.3 Å². The maximum Gasteiger partial charge on any atom is 0.222 e. The van der Waals surface area contributed by atoms with Crippen LogP contribution in [0.2, 0.25) is 5.28 Å². The Morgan fingerprint density at radius 1 is 1.38 bits per heavy atom. The van der Waals surface area contributed by atoms with Gasteiger partial charge in [-0.3, -0.25) is 0 Å². The zero-order chi connectivity index (χ0) is 9.84. The van der Waals surface area contributed by atoms with Crippen LogP contribution in [0.15, 0.2) is 0 Å². The lowest BCUT2D eigenvalue weighted by atomic mass is 10.1. The summed E-state index contributed by atoms with van der Waals surface area (Å²) in [4.78, 5) is 8.22. The van der Waals surface area contributed by atoms with Crippen molar-refractivity contribution in [2.75, 3.05) is 7.11 Å². The van der Waals surface area contributed by atoms with E-state index in [2.05, 4.69) is 9.97 Å². The van der Waals surface area contributed by atoms with E-state index in [0.29, 0.717) is 11.9 Å². The first-order valence-electron chi connectivity index (χ1n) is 4.19. The minimum atomic E-state index is 0.314. The summed E-state index contributed by atoms with van der Waals surface area (Å²) in [5.74, 6) is 0. The van der Waals surface area contributed by atoms with Crippen molar-refractivity contribution in [2.24, 2.45) is 0 Å². The highest BCUT2D eigenvalue weighted by atomic mass is 35.5. The highest BCUT2D eigenvalue weighted by Crippen LogP contribution is 2.14. The quantitative estimate of drug-likeness (QED) is 0.702. The summed E-state index contributed by atoms with van der Waals surface area (Å²) < 4.78 is 5.07. The standard InChI is InChI=1S/C9H13ClN2O/c1-4-8-7(5-13-3)6(2)11-9(10)12-8/h4-5H2,1-3H3. The molecule has 3 nitrogen and oxygen atoms in total. The molecule has 4 heteroatoms. The van der Waals surface area contributed by atoms with Crippen molar-refractivity contribution < 1.29 is 4.74 Å². The molecule has 72 valence electrons. The summed E-state index contributed by atoms with van der Waals surface area (Å²) in [7, 11) is 1.66. The van der Waals surface area contributed by atoms with Crippen LogP contribution in [0.5, 0.6) is 0 Å². The monoisotopic (exact) mass is 200 g/mol. The number of hydrogen-bond acceptors (Lipinski definition) is 3. The van der Waals surface area contributed by atoms with Crippen LogP contribution in [0.4, 0.5) is 0 Å². The van der Waals surface area contributed by atoms with E-state index in [1.807, 2.05) is 13.8 Å². The third-order valence-corrected chi connectivity index (χ3v) is 2.06. The predicted octanol–water partition coefficient (Wildman–Crippen LogP) is 2.15. The molecule has 0 aromatic carbocycles. The molecule has 0 radical (unpaired) electrons. The molecule has 0 unspecified atom stereocenters. The van der Waals surface area contributed by atoms with E-state index in [1.54, 1.807) is 7.11 Å². The van der Waals surface area contributed by atoms with Crippen molar-refractivity contribution in [3.63, 3.8) is 0 Å². The van der Waals surface area contributed by atoms with Gasteiger partial charge in [-0.2, -0.15) is 0 Å². The van der Waals surface area contributed by atoms with E-state index in [0.717, 1.165) is 23.4 Å². The molecule has 0 aliphatic carbocycles.